The zero-order valence-electron chi connectivity index (χ0n) is 40.3. The lowest BCUT2D eigenvalue weighted by molar-refractivity contribution is 0.194. The monoisotopic (exact) mass is 879 g/mol. The molecule has 4 atom stereocenters. The van der Waals surface area contributed by atoms with Crippen molar-refractivity contribution in [3.8, 4) is 22.3 Å². The third-order valence-corrected chi connectivity index (χ3v) is 18.7. The fourth-order valence-corrected chi connectivity index (χ4v) is 15.3. The van der Waals surface area contributed by atoms with Gasteiger partial charge in [-0.3, -0.25) is 0 Å². The minimum atomic E-state index is -0.328. The first kappa shape index (κ1) is 40.3. The molecule has 0 spiro atoms. The SMILES string of the molecule is Cc1cc(C)c2c(c1)N(c1cc3c4c(c1)N1c5c(cccc5C5(C)CCc6ccccc6C15C)B4c1cc(-c4ccccc4)ccc1N3c1ccc(-c3ccccc3)cc1)C1(C)CCCCC21C. The molecule has 1 saturated carbocycles. The Kier molecular flexibility index (Phi) is 8.25. The molecule has 3 nitrogen and oxygen atoms in total. The third-order valence-electron chi connectivity index (χ3n) is 18.7. The molecule has 8 aromatic carbocycles. The number of nitrogens with zero attached hydrogens (tertiary/aromatic N) is 3. The van der Waals surface area contributed by atoms with Gasteiger partial charge in [0.2, 0.25) is 0 Å². The molecule has 68 heavy (non-hydrogen) atoms. The summed E-state index contributed by atoms with van der Waals surface area (Å²) in [7, 11) is 0. The van der Waals surface area contributed by atoms with Crippen LogP contribution in [0.15, 0.2) is 170 Å². The van der Waals surface area contributed by atoms with Crippen molar-refractivity contribution in [3.63, 3.8) is 0 Å². The predicted octanol–water partition coefficient (Wildman–Crippen LogP) is 14.3. The molecular weight excluding hydrogens is 822 g/mol. The molecule has 1 fully saturated rings. The van der Waals surface area contributed by atoms with Gasteiger partial charge in [-0.05, 0) is 162 Å². The second-order valence-corrected chi connectivity index (χ2v) is 22.0. The van der Waals surface area contributed by atoms with E-state index in [1.165, 1.54) is 126 Å². The van der Waals surface area contributed by atoms with Gasteiger partial charge in [-0.25, -0.2) is 0 Å². The van der Waals surface area contributed by atoms with Crippen LogP contribution in [0.25, 0.3) is 22.3 Å². The van der Waals surface area contributed by atoms with Crippen LogP contribution in [-0.4, -0.2) is 12.3 Å². The standard InChI is InChI=1S/C64H58BN3/c1-41-36-42(2)58-55(37-41)67(63(5)34-16-15-33-62(58,63)4)49-39-56-59-57(40-49)68-60-51(61(3)35-32-46-22-13-14-23-50(46)64(61,68)6)24-17-25-52(60)65(59)53-38-47(44-20-11-8-12-21-44)28-31-54(53)66(56)48-29-26-45(27-30-48)43-18-9-7-10-19-43/h7-14,17-31,36-40H,15-16,32-35H2,1-6H3. The number of fused-ring (bicyclic) bond motifs is 12. The molecule has 332 valence electrons. The van der Waals surface area contributed by atoms with Crippen molar-refractivity contribution < 1.29 is 0 Å². The number of para-hydroxylation sites is 1. The summed E-state index contributed by atoms with van der Waals surface area (Å²) in [6.07, 6.45) is 7.04. The van der Waals surface area contributed by atoms with Gasteiger partial charge in [-0.15, -0.1) is 0 Å². The Bertz CT molecular complexity index is 3420. The molecule has 0 saturated heterocycles. The van der Waals surface area contributed by atoms with Crippen LogP contribution in [0.5, 0.6) is 0 Å². The van der Waals surface area contributed by atoms with Gasteiger partial charge in [0.1, 0.15) is 0 Å². The molecule has 4 heterocycles. The maximum Gasteiger partial charge on any atom is 0.252 e. The smallest absolute Gasteiger partial charge is 0.252 e. The van der Waals surface area contributed by atoms with Crippen molar-refractivity contribution in [1.29, 1.82) is 0 Å². The lowest BCUT2D eigenvalue weighted by Crippen LogP contribution is -2.64. The quantitative estimate of drug-likeness (QED) is 0.163. The van der Waals surface area contributed by atoms with Crippen molar-refractivity contribution in [2.45, 2.75) is 102 Å². The van der Waals surface area contributed by atoms with E-state index in [0.29, 0.717) is 0 Å². The number of hydrogen-bond donors (Lipinski definition) is 0. The number of hydrogen-bond acceptors (Lipinski definition) is 3. The largest absolute Gasteiger partial charge is 0.334 e. The molecule has 6 aliphatic rings. The molecule has 4 unspecified atom stereocenters. The zero-order chi connectivity index (χ0) is 45.9. The first-order valence-electron chi connectivity index (χ1n) is 25.3. The minimum absolute atomic E-state index is 0.0156. The van der Waals surface area contributed by atoms with E-state index in [4.69, 9.17) is 0 Å². The average molecular weight is 880 g/mol. The van der Waals surface area contributed by atoms with Crippen molar-refractivity contribution in [3.05, 3.63) is 203 Å². The minimum Gasteiger partial charge on any atom is -0.334 e. The third kappa shape index (κ3) is 5.01. The summed E-state index contributed by atoms with van der Waals surface area (Å²) in [5.41, 5.74) is 26.6. The van der Waals surface area contributed by atoms with Crippen LogP contribution in [0.1, 0.15) is 93.2 Å². The lowest BCUT2D eigenvalue weighted by Gasteiger charge is -2.54. The Morgan fingerprint density at radius 3 is 1.91 bits per heavy atom. The van der Waals surface area contributed by atoms with Gasteiger partial charge >= 0.3 is 0 Å². The van der Waals surface area contributed by atoms with Crippen molar-refractivity contribution >= 4 is 62.9 Å². The molecule has 0 amide bonds. The number of aryl methyl sites for hydroxylation is 3. The molecule has 4 heteroatoms. The number of anilines is 7. The first-order chi connectivity index (χ1) is 33.0. The highest BCUT2D eigenvalue weighted by molar-refractivity contribution is 7.00. The molecule has 2 aliphatic carbocycles. The summed E-state index contributed by atoms with van der Waals surface area (Å²) in [6, 6.07) is 65.6. The van der Waals surface area contributed by atoms with E-state index in [0.717, 1.165) is 19.3 Å². The highest BCUT2D eigenvalue weighted by atomic mass is 15.3. The van der Waals surface area contributed by atoms with Crippen LogP contribution in [0, 0.1) is 13.8 Å². The van der Waals surface area contributed by atoms with Crippen LogP contribution in [-0.2, 0) is 22.8 Å². The second kappa shape index (κ2) is 13.9. The van der Waals surface area contributed by atoms with Gasteiger partial charge in [0.25, 0.3) is 6.71 Å². The topological polar surface area (TPSA) is 9.72 Å². The Labute approximate surface area is 403 Å². The summed E-state index contributed by atoms with van der Waals surface area (Å²) in [5.74, 6) is 0. The van der Waals surface area contributed by atoms with E-state index < -0.39 is 0 Å². The predicted molar refractivity (Wildman–Crippen MR) is 287 cm³/mol. The van der Waals surface area contributed by atoms with E-state index in [2.05, 4.69) is 226 Å². The number of benzene rings is 8. The van der Waals surface area contributed by atoms with Crippen molar-refractivity contribution in [2.75, 3.05) is 14.7 Å². The summed E-state index contributed by atoms with van der Waals surface area (Å²) in [6.45, 7) is 15.1. The Morgan fingerprint density at radius 1 is 0.471 bits per heavy atom. The molecule has 4 aliphatic heterocycles. The highest BCUT2D eigenvalue weighted by Gasteiger charge is 2.64. The van der Waals surface area contributed by atoms with Gasteiger partial charge in [0.05, 0.1) is 11.1 Å². The molecule has 0 N–H and O–H groups in total. The molecule has 0 radical (unpaired) electrons. The van der Waals surface area contributed by atoms with E-state index in [9.17, 15) is 0 Å². The maximum atomic E-state index is 2.89. The Balaban J connectivity index is 1.11. The Hall–Kier alpha value is -6.78. The normalized spacial score (nSPS) is 24.4. The summed E-state index contributed by atoms with van der Waals surface area (Å²) in [5, 5.41) is 0. The van der Waals surface area contributed by atoms with Gasteiger partial charge in [0.15, 0.2) is 0 Å². The van der Waals surface area contributed by atoms with Crippen LogP contribution in [0.3, 0.4) is 0 Å². The fourth-order valence-electron chi connectivity index (χ4n) is 15.3. The summed E-state index contributed by atoms with van der Waals surface area (Å²) < 4.78 is 0. The van der Waals surface area contributed by atoms with Crippen LogP contribution >= 0.6 is 0 Å². The van der Waals surface area contributed by atoms with E-state index in [1.807, 2.05) is 0 Å². The summed E-state index contributed by atoms with van der Waals surface area (Å²) >= 11 is 0. The van der Waals surface area contributed by atoms with Gasteiger partial charge < -0.3 is 14.7 Å². The number of rotatable bonds is 4. The van der Waals surface area contributed by atoms with E-state index in [1.54, 1.807) is 5.56 Å². The summed E-state index contributed by atoms with van der Waals surface area (Å²) in [4.78, 5) is 8.38. The Morgan fingerprint density at radius 2 is 1.13 bits per heavy atom. The van der Waals surface area contributed by atoms with E-state index >= 15 is 0 Å². The van der Waals surface area contributed by atoms with Gasteiger partial charge in [-0.2, -0.15) is 0 Å². The van der Waals surface area contributed by atoms with Crippen molar-refractivity contribution in [1.82, 2.24) is 0 Å². The highest BCUT2D eigenvalue weighted by Crippen LogP contribution is 2.66. The molecule has 14 rings (SSSR count). The van der Waals surface area contributed by atoms with Gasteiger partial charge in [-0.1, -0.05) is 160 Å². The van der Waals surface area contributed by atoms with Gasteiger partial charge in [0, 0.05) is 50.6 Å². The zero-order valence-corrected chi connectivity index (χ0v) is 40.3. The first-order valence-corrected chi connectivity index (χ1v) is 25.3. The van der Waals surface area contributed by atoms with Crippen LogP contribution in [0.2, 0.25) is 0 Å². The lowest BCUT2D eigenvalue weighted by atomic mass is 9.33. The van der Waals surface area contributed by atoms with Crippen LogP contribution < -0.4 is 31.1 Å². The average Bonchev–Trinajstić information content (AvgIpc) is 3.71. The van der Waals surface area contributed by atoms with Crippen molar-refractivity contribution in [2.24, 2.45) is 0 Å². The van der Waals surface area contributed by atoms with Crippen LogP contribution in [0.4, 0.5) is 39.8 Å². The fraction of sp³-hybridized carbons (Fsp3) is 0.250. The molecule has 8 aromatic rings. The molecule has 0 aromatic heterocycles. The maximum absolute atomic E-state index is 2.89. The molecule has 0 bridgehead atoms. The second-order valence-electron chi connectivity index (χ2n) is 22.0. The van der Waals surface area contributed by atoms with E-state index in [-0.39, 0.29) is 28.6 Å². The molecular formula is C64H58BN3.